The van der Waals surface area contributed by atoms with Gasteiger partial charge in [0, 0.05) is 5.69 Å². The van der Waals surface area contributed by atoms with E-state index < -0.39 is 0 Å². The van der Waals surface area contributed by atoms with Gasteiger partial charge in [-0.2, -0.15) is 5.10 Å². The lowest BCUT2D eigenvalue weighted by Crippen LogP contribution is -2.04. The number of aromatic nitrogens is 2. The zero-order valence-electron chi connectivity index (χ0n) is 11.1. The minimum Gasteiger partial charge on any atom is -0.320 e. The van der Waals surface area contributed by atoms with Crippen LogP contribution in [0, 0.1) is 31.5 Å². The molecule has 3 nitrogen and oxygen atoms in total. The van der Waals surface area contributed by atoms with Crippen molar-refractivity contribution >= 4 is 0 Å². The first-order valence-corrected chi connectivity index (χ1v) is 6.08. The first kappa shape index (κ1) is 13.3. The van der Waals surface area contributed by atoms with Crippen LogP contribution in [0.1, 0.15) is 22.5 Å². The lowest BCUT2D eigenvalue weighted by atomic mass is 10.1. The van der Waals surface area contributed by atoms with Gasteiger partial charge in [0.25, 0.3) is 0 Å². The summed E-state index contributed by atoms with van der Waals surface area (Å²) < 4.78 is 15.4. The summed E-state index contributed by atoms with van der Waals surface area (Å²) in [4.78, 5) is 0. The Hall–Kier alpha value is -2.12. The Morgan fingerprint density at radius 2 is 2.11 bits per heavy atom. The van der Waals surface area contributed by atoms with Crippen molar-refractivity contribution in [3.05, 3.63) is 52.6 Å². The maximum atomic E-state index is 13.5. The third kappa shape index (κ3) is 3.21. The highest BCUT2D eigenvalue weighted by molar-refractivity contribution is 5.38. The largest absolute Gasteiger partial charge is 0.320 e. The Morgan fingerprint density at radius 1 is 1.32 bits per heavy atom. The summed E-state index contributed by atoms with van der Waals surface area (Å²) in [5.74, 6) is 5.09. The van der Waals surface area contributed by atoms with Crippen LogP contribution in [0.25, 0.3) is 0 Å². The van der Waals surface area contributed by atoms with E-state index in [1.165, 1.54) is 6.07 Å². The van der Waals surface area contributed by atoms with Crippen LogP contribution in [0.4, 0.5) is 4.39 Å². The average Bonchev–Trinajstić information content (AvgIpc) is 2.68. The van der Waals surface area contributed by atoms with E-state index in [1.807, 2.05) is 24.6 Å². The molecule has 0 fully saturated rings. The third-order valence-electron chi connectivity index (χ3n) is 2.79. The molecule has 0 amide bonds. The summed E-state index contributed by atoms with van der Waals surface area (Å²) in [6.45, 7) is 4.78. The molecule has 1 aromatic heterocycles. The second-order valence-electron chi connectivity index (χ2n) is 4.40. The van der Waals surface area contributed by atoms with E-state index in [9.17, 15) is 4.39 Å². The summed E-state index contributed by atoms with van der Waals surface area (Å²) in [6, 6.07) is 6.94. The van der Waals surface area contributed by atoms with Gasteiger partial charge < -0.3 is 5.73 Å². The first-order chi connectivity index (χ1) is 9.10. The molecule has 0 saturated heterocycles. The summed E-state index contributed by atoms with van der Waals surface area (Å²) in [6.07, 6.45) is 0. The Bertz CT molecular complexity index is 647. The van der Waals surface area contributed by atoms with E-state index in [4.69, 9.17) is 5.73 Å². The van der Waals surface area contributed by atoms with Gasteiger partial charge in [0.1, 0.15) is 5.82 Å². The van der Waals surface area contributed by atoms with Crippen LogP contribution >= 0.6 is 0 Å². The lowest BCUT2D eigenvalue weighted by Gasteiger charge is -2.05. The zero-order chi connectivity index (χ0) is 13.8. The predicted octanol–water partition coefficient (Wildman–Crippen LogP) is 2.00. The molecule has 0 radical (unpaired) electrons. The van der Waals surface area contributed by atoms with Crippen LogP contribution in [-0.2, 0) is 6.54 Å². The molecule has 0 bridgehead atoms. The van der Waals surface area contributed by atoms with E-state index in [0.29, 0.717) is 12.1 Å². The van der Waals surface area contributed by atoms with Crippen molar-refractivity contribution in [2.45, 2.75) is 20.4 Å². The van der Waals surface area contributed by atoms with Crippen LogP contribution in [0.15, 0.2) is 24.3 Å². The van der Waals surface area contributed by atoms with Crippen LogP contribution in [0.3, 0.4) is 0 Å². The van der Waals surface area contributed by atoms with Crippen LogP contribution in [0.2, 0.25) is 0 Å². The summed E-state index contributed by atoms with van der Waals surface area (Å²) in [7, 11) is 0. The highest BCUT2D eigenvalue weighted by Gasteiger charge is 2.05. The van der Waals surface area contributed by atoms with Crippen molar-refractivity contribution in [2.24, 2.45) is 5.73 Å². The number of aryl methyl sites for hydroxylation is 2. The van der Waals surface area contributed by atoms with Gasteiger partial charge in [-0.15, -0.1) is 0 Å². The van der Waals surface area contributed by atoms with Gasteiger partial charge in [-0.25, -0.2) is 4.39 Å². The average molecular weight is 257 g/mol. The van der Waals surface area contributed by atoms with Gasteiger partial charge in [0.2, 0.25) is 0 Å². The van der Waals surface area contributed by atoms with Crippen molar-refractivity contribution in [3.63, 3.8) is 0 Å². The second kappa shape index (κ2) is 5.68. The molecule has 98 valence electrons. The van der Waals surface area contributed by atoms with Crippen LogP contribution < -0.4 is 5.73 Å². The molecule has 0 saturated carbocycles. The topological polar surface area (TPSA) is 43.8 Å². The van der Waals surface area contributed by atoms with Crippen molar-refractivity contribution < 1.29 is 4.39 Å². The molecular weight excluding hydrogens is 241 g/mol. The number of nitrogens with two attached hydrogens (primary N) is 1. The molecule has 1 aromatic carbocycles. The maximum Gasteiger partial charge on any atom is 0.138 e. The Labute approximate surface area is 112 Å². The number of rotatable bonds is 2. The molecule has 0 unspecified atom stereocenters. The fraction of sp³-hybridized carbons (Fsp3) is 0.267. The normalized spacial score (nSPS) is 10.1. The van der Waals surface area contributed by atoms with Crippen molar-refractivity contribution in [1.82, 2.24) is 9.78 Å². The fourth-order valence-corrected chi connectivity index (χ4v) is 1.92. The first-order valence-electron chi connectivity index (χ1n) is 6.08. The zero-order valence-corrected chi connectivity index (χ0v) is 11.1. The molecule has 0 atom stereocenters. The number of hydrogen-bond donors (Lipinski definition) is 1. The quantitative estimate of drug-likeness (QED) is 0.836. The highest BCUT2D eigenvalue weighted by Crippen LogP contribution is 2.12. The van der Waals surface area contributed by atoms with Gasteiger partial charge in [-0.3, -0.25) is 4.68 Å². The smallest absolute Gasteiger partial charge is 0.138 e. The third-order valence-corrected chi connectivity index (χ3v) is 2.79. The van der Waals surface area contributed by atoms with Gasteiger partial charge in [0.05, 0.1) is 24.3 Å². The van der Waals surface area contributed by atoms with Gasteiger partial charge in [-0.1, -0.05) is 17.9 Å². The van der Waals surface area contributed by atoms with Crippen LogP contribution in [-0.4, -0.2) is 16.3 Å². The monoisotopic (exact) mass is 257 g/mol. The fourth-order valence-electron chi connectivity index (χ4n) is 1.92. The SMILES string of the molecule is Cc1cc(C)n(Cc2ccc(F)c(C#CCN)c2)n1. The van der Waals surface area contributed by atoms with Gasteiger partial charge in [0.15, 0.2) is 0 Å². The number of nitrogens with zero attached hydrogens (tertiary/aromatic N) is 2. The molecule has 0 aliphatic heterocycles. The Balaban J connectivity index is 2.28. The summed E-state index contributed by atoms with van der Waals surface area (Å²) >= 11 is 0. The second-order valence-corrected chi connectivity index (χ2v) is 4.40. The molecule has 19 heavy (non-hydrogen) atoms. The van der Waals surface area contributed by atoms with Crippen molar-refractivity contribution in [1.29, 1.82) is 0 Å². The molecule has 4 heteroatoms. The molecule has 1 heterocycles. The lowest BCUT2D eigenvalue weighted by molar-refractivity contribution is 0.619. The summed E-state index contributed by atoms with van der Waals surface area (Å²) in [5.41, 5.74) is 8.70. The number of benzene rings is 1. The molecule has 2 N–H and O–H groups in total. The van der Waals surface area contributed by atoms with Crippen LogP contribution in [0.5, 0.6) is 0 Å². The maximum absolute atomic E-state index is 13.5. The predicted molar refractivity (Wildman–Crippen MR) is 73.1 cm³/mol. The Kier molecular flexibility index (Phi) is 3.98. The molecular formula is C15H16FN3. The van der Waals surface area contributed by atoms with E-state index >= 15 is 0 Å². The minimum absolute atomic E-state index is 0.223. The van der Waals surface area contributed by atoms with Gasteiger partial charge in [-0.05, 0) is 37.6 Å². The summed E-state index contributed by atoms with van der Waals surface area (Å²) in [5, 5.41) is 4.39. The van der Waals surface area contributed by atoms with Crippen molar-refractivity contribution in [2.75, 3.05) is 6.54 Å². The molecule has 2 aromatic rings. The highest BCUT2D eigenvalue weighted by atomic mass is 19.1. The number of halogens is 1. The van der Waals surface area contributed by atoms with E-state index in [0.717, 1.165) is 17.0 Å². The molecule has 0 aliphatic carbocycles. The molecule has 0 spiro atoms. The van der Waals surface area contributed by atoms with Gasteiger partial charge >= 0.3 is 0 Å². The minimum atomic E-state index is -0.321. The standard InChI is InChI=1S/C15H16FN3/c1-11-8-12(2)19(18-11)10-13-5-6-15(16)14(9-13)4-3-7-17/h5-6,8-9H,7,10,17H2,1-2H3. The Morgan fingerprint density at radius 3 is 2.74 bits per heavy atom. The van der Waals surface area contributed by atoms with E-state index in [-0.39, 0.29) is 12.4 Å². The molecule has 0 aliphatic rings. The van der Waals surface area contributed by atoms with E-state index in [2.05, 4.69) is 16.9 Å². The molecule has 2 rings (SSSR count). The van der Waals surface area contributed by atoms with Crippen molar-refractivity contribution in [3.8, 4) is 11.8 Å². The number of hydrogen-bond acceptors (Lipinski definition) is 2. The van der Waals surface area contributed by atoms with E-state index in [1.54, 1.807) is 12.1 Å².